The van der Waals surface area contributed by atoms with Crippen LogP contribution in [0.1, 0.15) is 5.56 Å². The number of halogens is 2. The number of rotatable bonds is 3. The van der Waals surface area contributed by atoms with Crippen molar-refractivity contribution in [2.45, 2.75) is 0 Å². The van der Waals surface area contributed by atoms with Crippen LogP contribution in [0, 0.1) is 11.6 Å². The Morgan fingerprint density at radius 2 is 1.83 bits per heavy atom. The number of amides is 1. The topological polar surface area (TPSA) is 62.0 Å². The van der Waals surface area contributed by atoms with Crippen LogP contribution >= 0.6 is 0 Å². The number of aromatic nitrogens is 1. The fourth-order valence-corrected chi connectivity index (χ4v) is 2.21. The number of benzene rings is 2. The van der Waals surface area contributed by atoms with Crippen LogP contribution in [0.4, 0.5) is 14.5 Å². The smallest absolute Gasteiger partial charge is 0.255 e. The normalized spacial score (nSPS) is 11.1. The quantitative estimate of drug-likeness (QED) is 0.724. The molecule has 0 spiro atoms. The van der Waals surface area contributed by atoms with Crippen LogP contribution in [0.3, 0.4) is 0 Å². The molecule has 2 aromatic carbocycles. The van der Waals surface area contributed by atoms with Gasteiger partial charge in [0.2, 0.25) is 5.91 Å². The monoisotopic (exact) mass is 326 g/mol. The molecule has 24 heavy (non-hydrogen) atoms. The predicted molar refractivity (Wildman–Crippen MR) is 88.6 cm³/mol. The second kappa shape index (κ2) is 6.45. The average molecular weight is 326 g/mol. The molecule has 6 heteroatoms. The zero-order valence-electron chi connectivity index (χ0n) is 12.3. The number of para-hydroxylation sites is 1. The molecule has 3 aromatic rings. The zero-order valence-corrected chi connectivity index (χ0v) is 12.3. The van der Waals surface area contributed by atoms with Gasteiger partial charge in [0.05, 0.1) is 0 Å². The summed E-state index contributed by atoms with van der Waals surface area (Å²) in [5.41, 5.74) is 0.807. The lowest BCUT2D eigenvalue weighted by molar-refractivity contribution is -0.111. The lowest BCUT2D eigenvalue weighted by Gasteiger charge is -2.02. The third kappa shape index (κ3) is 3.38. The van der Waals surface area contributed by atoms with E-state index in [0.717, 1.165) is 23.6 Å². The minimum atomic E-state index is -1.05. The van der Waals surface area contributed by atoms with Gasteiger partial charge in [-0.05, 0) is 35.7 Å². The molecule has 1 aromatic heterocycles. The molecule has 0 aliphatic rings. The van der Waals surface area contributed by atoms with Gasteiger partial charge in [0.25, 0.3) is 5.56 Å². The number of carbonyl (C=O) groups is 1. The second-order valence-electron chi connectivity index (χ2n) is 5.09. The SMILES string of the molecule is O=C(/C=C/c1cc2ccccc2[nH]c1=O)Nc1ccc(F)c(F)c1. The molecule has 0 unspecified atom stereocenters. The molecule has 120 valence electrons. The van der Waals surface area contributed by atoms with Crippen LogP contribution in [0.2, 0.25) is 0 Å². The standard InChI is InChI=1S/C18H12F2N2O2/c19-14-7-6-13(10-15(14)20)21-17(23)8-5-12-9-11-3-1-2-4-16(11)22-18(12)24/h1-10H,(H,21,23)(H,22,24)/b8-5+. The van der Waals surface area contributed by atoms with Crippen molar-refractivity contribution in [3.05, 3.63) is 82.2 Å². The van der Waals surface area contributed by atoms with Gasteiger partial charge in [0.15, 0.2) is 11.6 Å². The molecule has 0 fully saturated rings. The second-order valence-corrected chi connectivity index (χ2v) is 5.09. The van der Waals surface area contributed by atoms with Crippen LogP contribution in [0.5, 0.6) is 0 Å². The summed E-state index contributed by atoms with van der Waals surface area (Å²) in [5.74, 6) is -2.61. The van der Waals surface area contributed by atoms with E-state index in [0.29, 0.717) is 11.1 Å². The number of hydrogen-bond acceptors (Lipinski definition) is 2. The van der Waals surface area contributed by atoms with Crippen molar-refractivity contribution in [2.75, 3.05) is 5.32 Å². The number of H-pyrrole nitrogens is 1. The Balaban J connectivity index is 1.79. The van der Waals surface area contributed by atoms with Crippen molar-refractivity contribution in [1.29, 1.82) is 0 Å². The van der Waals surface area contributed by atoms with Gasteiger partial charge in [0, 0.05) is 28.9 Å². The average Bonchev–Trinajstić information content (AvgIpc) is 2.56. The van der Waals surface area contributed by atoms with Crippen molar-refractivity contribution in [3.63, 3.8) is 0 Å². The zero-order chi connectivity index (χ0) is 17.1. The molecule has 0 aliphatic heterocycles. The molecule has 0 saturated heterocycles. The summed E-state index contributed by atoms with van der Waals surface area (Å²) in [6.45, 7) is 0. The highest BCUT2D eigenvalue weighted by Gasteiger charge is 2.05. The predicted octanol–water partition coefficient (Wildman–Crippen LogP) is 3.46. The molecule has 0 radical (unpaired) electrons. The lowest BCUT2D eigenvalue weighted by Crippen LogP contribution is -2.11. The number of aromatic amines is 1. The Bertz CT molecular complexity index is 1010. The van der Waals surface area contributed by atoms with Crippen LogP contribution < -0.4 is 10.9 Å². The summed E-state index contributed by atoms with van der Waals surface area (Å²) >= 11 is 0. The van der Waals surface area contributed by atoms with E-state index in [4.69, 9.17) is 0 Å². The molecule has 4 nitrogen and oxygen atoms in total. The van der Waals surface area contributed by atoms with Gasteiger partial charge in [-0.3, -0.25) is 9.59 Å². The fourth-order valence-electron chi connectivity index (χ4n) is 2.21. The largest absolute Gasteiger partial charge is 0.322 e. The van der Waals surface area contributed by atoms with E-state index in [1.165, 1.54) is 12.1 Å². The summed E-state index contributed by atoms with van der Waals surface area (Å²) in [4.78, 5) is 26.5. The third-order valence-electron chi connectivity index (χ3n) is 3.38. The highest BCUT2D eigenvalue weighted by atomic mass is 19.2. The van der Waals surface area contributed by atoms with Gasteiger partial charge in [0.1, 0.15) is 0 Å². The Morgan fingerprint density at radius 1 is 1.04 bits per heavy atom. The molecule has 0 aliphatic carbocycles. The molecule has 0 saturated carbocycles. The van der Waals surface area contributed by atoms with Gasteiger partial charge in [-0.2, -0.15) is 0 Å². The first-order chi connectivity index (χ1) is 11.5. The number of carbonyl (C=O) groups excluding carboxylic acids is 1. The van der Waals surface area contributed by atoms with Gasteiger partial charge in [-0.25, -0.2) is 8.78 Å². The summed E-state index contributed by atoms with van der Waals surface area (Å²) in [7, 11) is 0. The first-order valence-corrected chi connectivity index (χ1v) is 7.09. The van der Waals surface area contributed by atoms with Crippen molar-refractivity contribution in [1.82, 2.24) is 4.98 Å². The Labute approximate surface area is 135 Å². The molecule has 1 amide bonds. The number of nitrogens with one attached hydrogen (secondary N) is 2. The van der Waals surface area contributed by atoms with Gasteiger partial charge < -0.3 is 10.3 Å². The number of pyridine rings is 1. The minimum Gasteiger partial charge on any atom is -0.322 e. The highest BCUT2D eigenvalue weighted by molar-refractivity contribution is 6.02. The summed E-state index contributed by atoms with van der Waals surface area (Å²) < 4.78 is 25.9. The van der Waals surface area contributed by atoms with Crippen molar-refractivity contribution >= 4 is 28.6 Å². The van der Waals surface area contributed by atoms with Crippen LogP contribution in [-0.2, 0) is 4.79 Å². The van der Waals surface area contributed by atoms with Gasteiger partial charge >= 0.3 is 0 Å². The fraction of sp³-hybridized carbons (Fsp3) is 0. The van der Waals surface area contributed by atoms with Crippen molar-refractivity contribution in [2.24, 2.45) is 0 Å². The van der Waals surface area contributed by atoms with E-state index in [1.54, 1.807) is 12.1 Å². The van der Waals surface area contributed by atoms with E-state index in [-0.39, 0.29) is 11.2 Å². The Kier molecular flexibility index (Phi) is 4.20. The van der Waals surface area contributed by atoms with Crippen molar-refractivity contribution < 1.29 is 13.6 Å². The Morgan fingerprint density at radius 3 is 2.62 bits per heavy atom. The number of hydrogen-bond donors (Lipinski definition) is 2. The van der Waals surface area contributed by atoms with E-state index in [1.807, 2.05) is 18.2 Å². The summed E-state index contributed by atoms with van der Waals surface area (Å²) in [6.07, 6.45) is 2.51. The van der Waals surface area contributed by atoms with Gasteiger partial charge in [-0.15, -0.1) is 0 Å². The molecule has 2 N–H and O–H groups in total. The first-order valence-electron chi connectivity index (χ1n) is 7.09. The minimum absolute atomic E-state index is 0.121. The Hall–Kier alpha value is -3.28. The molecule has 1 heterocycles. The maximum absolute atomic E-state index is 13.1. The maximum atomic E-state index is 13.1. The third-order valence-corrected chi connectivity index (χ3v) is 3.38. The molecule has 0 bridgehead atoms. The number of anilines is 1. The van der Waals surface area contributed by atoms with Gasteiger partial charge in [-0.1, -0.05) is 18.2 Å². The highest BCUT2D eigenvalue weighted by Crippen LogP contribution is 2.14. The van der Waals surface area contributed by atoms with E-state index >= 15 is 0 Å². The lowest BCUT2D eigenvalue weighted by atomic mass is 10.1. The van der Waals surface area contributed by atoms with Crippen LogP contribution in [0.25, 0.3) is 17.0 Å². The molecule has 3 rings (SSSR count). The van der Waals surface area contributed by atoms with E-state index in [2.05, 4.69) is 10.3 Å². The van der Waals surface area contributed by atoms with Crippen LogP contribution in [0.15, 0.2) is 59.4 Å². The molecular formula is C18H12F2N2O2. The molecule has 0 atom stereocenters. The molecular weight excluding hydrogens is 314 g/mol. The maximum Gasteiger partial charge on any atom is 0.255 e. The first kappa shape index (κ1) is 15.6. The summed E-state index contributed by atoms with van der Waals surface area (Å²) in [6, 6.07) is 12.0. The van der Waals surface area contributed by atoms with E-state index < -0.39 is 17.5 Å². The van der Waals surface area contributed by atoms with Crippen molar-refractivity contribution in [3.8, 4) is 0 Å². The summed E-state index contributed by atoms with van der Waals surface area (Å²) in [5, 5.41) is 3.22. The number of fused-ring (bicyclic) bond motifs is 1. The van der Waals surface area contributed by atoms with E-state index in [9.17, 15) is 18.4 Å². The van der Waals surface area contributed by atoms with Crippen LogP contribution in [-0.4, -0.2) is 10.9 Å².